The van der Waals surface area contributed by atoms with Gasteiger partial charge in [0.2, 0.25) is 5.91 Å². The van der Waals surface area contributed by atoms with Gasteiger partial charge < -0.3 is 15.0 Å². The Kier molecular flexibility index (Phi) is 4.18. The summed E-state index contributed by atoms with van der Waals surface area (Å²) in [4.78, 5) is 13.5. The second kappa shape index (κ2) is 5.19. The lowest BCUT2D eigenvalue weighted by Gasteiger charge is -2.33. The molecule has 1 atom stereocenters. The van der Waals surface area contributed by atoms with Crippen molar-refractivity contribution < 1.29 is 9.53 Å². The number of ether oxygens (including phenoxy) is 1. The third kappa shape index (κ3) is 2.97. The van der Waals surface area contributed by atoms with Gasteiger partial charge in [0.1, 0.15) is 0 Å². The quantitative estimate of drug-likeness (QED) is 0.666. The summed E-state index contributed by atoms with van der Waals surface area (Å²) in [6, 6.07) is 0.222. The molecule has 1 fully saturated rings. The first-order chi connectivity index (χ1) is 6.25. The van der Waals surface area contributed by atoms with E-state index in [-0.39, 0.29) is 11.9 Å². The highest BCUT2D eigenvalue weighted by molar-refractivity contribution is 5.78. The summed E-state index contributed by atoms with van der Waals surface area (Å²) in [5.74, 6) is 0.178. The van der Waals surface area contributed by atoms with Gasteiger partial charge in [-0.3, -0.25) is 4.79 Å². The van der Waals surface area contributed by atoms with Gasteiger partial charge in [-0.1, -0.05) is 6.92 Å². The van der Waals surface area contributed by atoms with Crippen LogP contribution in [0.2, 0.25) is 0 Å². The number of hydrogen-bond donors (Lipinski definition) is 1. The number of carbonyl (C=O) groups excluding carboxylic acids is 1. The standard InChI is InChI=1S/C9H18N2O2/c1-3-10-6-9(12)11-4-5-13-7-8(11)2/h8,10H,3-7H2,1-2H3/t8-/m1/s1. The molecule has 0 spiro atoms. The van der Waals surface area contributed by atoms with Crippen LogP contribution in [0.5, 0.6) is 0 Å². The fourth-order valence-electron chi connectivity index (χ4n) is 1.43. The third-order valence-corrected chi connectivity index (χ3v) is 2.21. The summed E-state index contributed by atoms with van der Waals surface area (Å²) in [5, 5.41) is 3.03. The van der Waals surface area contributed by atoms with Crippen molar-refractivity contribution >= 4 is 5.91 Å². The second-order valence-electron chi connectivity index (χ2n) is 3.29. The zero-order valence-corrected chi connectivity index (χ0v) is 8.38. The highest BCUT2D eigenvalue weighted by Crippen LogP contribution is 2.05. The Morgan fingerprint density at radius 3 is 3.08 bits per heavy atom. The van der Waals surface area contributed by atoms with E-state index in [1.807, 2.05) is 18.7 Å². The smallest absolute Gasteiger partial charge is 0.236 e. The molecule has 1 rings (SSSR count). The van der Waals surface area contributed by atoms with Crippen molar-refractivity contribution in [3.05, 3.63) is 0 Å². The average Bonchev–Trinajstić information content (AvgIpc) is 2.15. The normalized spacial score (nSPS) is 23.2. The van der Waals surface area contributed by atoms with Gasteiger partial charge in [0, 0.05) is 6.54 Å². The van der Waals surface area contributed by atoms with Crippen LogP contribution in [-0.2, 0) is 9.53 Å². The molecule has 1 saturated heterocycles. The minimum atomic E-state index is 0.178. The minimum absolute atomic E-state index is 0.178. The Hall–Kier alpha value is -0.610. The second-order valence-corrected chi connectivity index (χ2v) is 3.29. The first-order valence-corrected chi connectivity index (χ1v) is 4.83. The first-order valence-electron chi connectivity index (χ1n) is 4.83. The van der Waals surface area contributed by atoms with Crippen molar-refractivity contribution in [3.63, 3.8) is 0 Å². The van der Waals surface area contributed by atoms with Gasteiger partial charge in [0.25, 0.3) is 0 Å². The summed E-state index contributed by atoms with van der Waals surface area (Å²) in [7, 11) is 0. The molecule has 1 N–H and O–H groups in total. The maximum absolute atomic E-state index is 11.6. The number of hydrogen-bond acceptors (Lipinski definition) is 3. The van der Waals surface area contributed by atoms with Gasteiger partial charge in [-0.2, -0.15) is 0 Å². The van der Waals surface area contributed by atoms with E-state index < -0.39 is 0 Å². The fourth-order valence-corrected chi connectivity index (χ4v) is 1.43. The lowest BCUT2D eigenvalue weighted by Crippen LogP contribution is -2.49. The van der Waals surface area contributed by atoms with Crippen LogP contribution in [0.3, 0.4) is 0 Å². The van der Waals surface area contributed by atoms with Crippen molar-refractivity contribution in [1.29, 1.82) is 0 Å². The van der Waals surface area contributed by atoms with Crippen molar-refractivity contribution in [3.8, 4) is 0 Å². The van der Waals surface area contributed by atoms with E-state index in [1.54, 1.807) is 0 Å². The molecule has 0 unspecified atom stereocenters. The predicted molar refractivity (Wildman–Crippen MR) is 50.5 cm³/mol. The van der Waals surface area contributed by atoms with E-state index >= 15 is 0 Å². The number of likely N-dealkylation sites (N-methyl/N-ethyl adjacent to an activating group) is 1. The zero-order chi connectivity index (χ0) is 9.68. The van der Waals surface area contributed by atoms with Gasteiger partial charge in [0.05, 0.1) is 25.8 Å². The minimum Gasteiger partial charge on any atom is -0.377 e. The Morgan fingerprint density at radius 1 is 1.69 bits per heavy atom. The van der Waals surface area contributed by atoms with E-state index in [4.69, 9.17) is 4.74 Å². The van der Waals surface area contributed by atoms with Crippen LogP contribution in [-0.4, -0.2) is 49.7 Å². The Morgan fingerprint density at radius 2 is 2.46 bits per heavy atom. The van der Waals surface area contributed by atoms with Crippen LogP contribution < -0.4 is 5.32 Å². The lowest BCUT2D eigenvalue weighted by molar-refractivity contribution is -0.138. The molecular weight excluding hydrogens is 168 g/mol. The third-order valence-electron chi connectivity index (χ3n) is 2.21. The Labute approximate surface area is 79.2 Å². The molecule has 1 heterocycles. The molecule has 13 heavy (non-hydrogen) atoms. The Bertz CT molecular complexity index is 173. The molecule has 76 valence electrons. The molecule has 1 aliphatic heterocycles. The number of amides is 1. The van der Waals surface area contributed by atoms with E-state index in [9.17, 15) is 4.79 Å². The van der Waals surface area contributed by atoms with E-state index in [0.717, 1.165) is 13.1 Å². The number of nitrogens with zero attached hydrogens (tertiary/aromatic N) is 1. The molecule has 0 bridgehead atoms. The van der Waals surface area contributed by atoms with Gasteiger partial charge in [-0.05, 0) is 13.5 Å². The summed E-state index contributed by atoms with van der Waals surface area (Å²) in [6.07, 6.45) is 0. The average molecular weight is 186 g/mol. The lowest BCUT2D eigenvalue weighted by atomic mass is 10.2. The number of nitrogens with one attached hydrogen (secondary N) is 1. The number of morpholine rings is 1. The van der Waals surface area contributed by atoms with Gasteiger partial charge in [0.15, 0.2) is 0 Å². The molecular formula is C9H18N2O2. The monoisotopic (exact) mass is 186 g/mol. The summed E-state index contributed by atoms with van der Waals surface area (Å²) in [5.41, 5.74) is 0. The van der Waals surface area contributed by atoms with Crippen molar-refractivity contribution in [1.82, 2.24) is 10.2 Å². The molecule has 0 aromatic heterocycles. The molecule has 0 aromatic carbocycles. The first kappa shape index (κ1) is 10.5. The van der Waals surface area contributed by atoms with Crippen molar-refractivity contribution in [2.45, 2.75) is 19.9 Å². The predicted octanol–water partition coefficient (Wildman–Crippen LogP) is -0.157. The topological polar surface area (TPSA) is 41.6 Å². The van der Waals surface area contributed by atoms with E-state index in [0.29, 0.717) is 19.8 Å². The van der Waals surface area contributed by atoms with Crippen LogP contribution in [0.1, 0.15) is 13.8 Å². The molecule has 1 amide bonds. The largest absolute Gasteiger partial charge is 0.377 e. The van der Waals surface area contributed by atoms with Crippen LogP contribution in [0.25, 0.3) is 0 Å². The van der Waals surface area contributed by atoms with Gasteiger partial charge in [-0.25, -0.2) is 0 Å². The maximum atomic E-state index is 11.6. The molecule has 4 heteroatoms. The van der Waals surface area contributed by atoms with Crippen LogP contribution in [0.4, 0.5) is 0 Å². The van der Waals surface area contributed by atoms with Gasteiger partial charge >= 0.3 is 0 Å². The molecule has 4 nitrogen and oxygen atoms in total. The number of carbonyl (C=O) groups is 1. The van der Waals surface area contributed by atoms with Gasteiger partial charge in [-0.15, -0.1) is 0 Å². The highest BCUT2D eigenvalue weighted by Gasteiger charge is 2.22. The van der Waals surface area contributed by atoms with Crippen molar-refractivity contribution in [2.75, 3.05) is 32.8 Å². The summed E-state index contributed by atoms with van der Waals surface area (Å²) >= 11 is 0. The highest BCUT2D eigenvalue weighted by atomic mass is 16.5. The number of rotatable bonds is 3. The SMILES string of the molecule is CCNCC(=O)N1CCOC[C@H]1C. The van der Waals surface area contributed by atoms with E-state index in [2.05, 4.69) is 5.32 Å². The molecule has 0 saturated carbocycles. The van der Waals surface area contributed by atoms with Crippen LogP contribution >= 0.6 is 0 Å². The fraction of sp³-hybridized carbons (Fsp3) is 0.889. The van der Waals surface area contributed by atoms with E-state index in [1.165, 1.54) is 0 Å². The zero-order valence-electron chi connectivity index (χ0n) is 8.38. The van der Waals surface area contributed by atoms with Crippen LogP contribution in [0.15, 0.2) is 0 Å². The summed E-state index contributed by atoms with van der Waals surface area (Å²) in [6.45, 7) is 7.36. The Balaban J connectivity index is 2.35. The molecule has 0 aromatic rings. The molecule has 0 aliphatic carbocycles. The molecule has 1 aliphatic rings. The molecule has 0 radical (unpaired) electrons. The maximum Gasteiger partial charge on any atom is 0.236 e. The van der Waals surface area contributed by atoms with Crippen molar-refractivity contribution in [2.24, 2.45) is 0 Å². The summed E-state index contributed by atoms with van der Waals surface area (Å²) < 4.78 is 5.25. The van der Waals surface area contributed by atoms with Crippen LogP contribution in [0, 0.1) is 0 Å².